The lowest BCUT2D eigenvalue weighted by atomic mass is 9.85. The average molecular weight is 354 g/mol. The number of H-pyrrole nitrogens is 1. The molecule has 1 aromatic heterocycles. The molecule has 1 aliphatic rings. The van der Waals surface area contributed by atoms with E-state index in [9.17, 15) is 10.1 Å². The molecule has 8 heteroatoms. The molecule has 0 aliphatic carbocycles. The van der Waals surface area contributed by atoms with Crippen molar-refractivity contribution in [2.24, 2.45) is 5.73 Å². The molecule has 0 fully saturated rings. The highest BCUT2D eigenvalue weighted by Crippen LogP contribution is 2.41. The topological polar surface area (TPSA) is 123 Å². The van der Waals surface area contributed by atoms with Crippen LogP contribution in [-0.4, -0.2) is 23.2 Å². The van der Waals surface area contributed by atoms with Gasteiger partial charge in [-0.15, -0.1) is 0 Å². The number of nitrogens with zero attached hydrogens (tertiary/aromatic N) is 2. The van der Waals surface area contributed by atoms with Gasteiger partial charge in [-0.25, -0.2) is 4.98 Å². The van der Waals surface area contributed by atoms with Crippen LogP contribution in [0.5, 0.6) is 17.4 Å². The highest BCUT2D eigenvalue weighted by molar-refractivity contribution is 5.55. The van der Waals surface area contributed by atoms with Crippen molar-refractivity contribution < 1.29 is 14.2 Å². The second-order valence-corrected chi connectivity index (χ2v) is 5.95. The Bertz CT molecular complexity index is 972. The van der Waals surface area contributed by atoms with E-state index in [0.717, 1.165) is 0 Å². The second kappa shape index (κ2) is 6.80. The van der Waals surface area contributed by atoms with Crippen LogP contribution >= 0.6 is 0 Å². The third kappa shape index (κ3) is 2.95. The quantitative estimate of drug-likeness (QED) is 0.858. The minimum Gasteiger partial charge on any atom is -0.493 e. The van der Waals surface area contributed by atoms with Crippen molar-refractivity contribution in [2.75, 3.05) is 7.11 Å². The molecule has 2 heterocycles. The van der Waals surface area contributed by atoms with Crippen LogP contribution in [-0.2, 0) is 0 Å². The Morgan fingerprint density at radius 1 is 1.38 bits per heavy atom. The number of aromatic amines is 1. The van der Waals surface area contributed by atoms with Gasteiger partial charge in [-0.1, -0.05) is 6.07 Å². The van der Waals surface area contributed by atoms with E-state index in [1.54, 1.807) is 18.2 Å². The summed E-state index contributed by atoms with van der Waals surface area (Å²) >= 11 is 0. The van der Waals surface area contributed by atoms with Crippen LogP contribution in [0.15, 0.2) is 40.8 Å². The van der Waals surface area contributed by atoms with E-state index in [1.165, 1.54) is 13.4 Å². The number of hydrogen-bond acceptors (Lipinski definition) is 7. The van der Waals surface area contributed by atoms with Crippen LogP contribution in [0.2, 0.25) is 0 Å². The number of nitrogens with two attached hydrogens (primary N) is 1. The Morgan fingerprint density at radius 3 is 2.81 bits per heavy atom. The maximum Gasteiger partial charge on any atom is 0.258 e. The zero-order valence-electron chi connectivity index (χ0n) is 14.6. The van der Waals surface area contributed by atoms with Gasteiger partial charge in [-0.3, -0.25) is 4.79 Å². The van der Waals surface area contributed by atoms with Gasteiger partial charge in [0.25, 0.3) is 5.56 Å². The fourth-order valence-corrected chi connectivity index (χ4v) is 2.84. The summed E-state index contributed by atoms with van der Waals surface area (Å²) in [5, 5.41) is 9.55. The fraction of sp³-hybridized carbons (Fsp3) is 0.278. The summed E-state index contributed by atoms with van der Waals surface area (Å²) in [6.45, 7) is 3.81. The van der Waals surface area contributed by atoms with Gasteiger partial charge in [0.05, 0.1) is 31.0 Å². The van der Waals surface area contributed by atoms with E-state index in [0.29, 0.717) is 17.1 Å². The second-order valence-electron chi connectivity index (χ2n) is 5.95. The third-order valence-corrected chi connectivity index (χ3v) is 3.91. The van der Waals surface area contributed by atoms with Crippen LogP contribution in [0.25, 0.3) is 0 Å². The number of nitrogens with one attached hydrogen (secondary N) is 1. The highest BCUT2D eigenvalue weighted by Gasteiger charge is 2.34. The van der Waals surface area contributed by atoms with E-state index in [1.807, 2.05) is 19.9 Å². The van der Waals surface area contributed by atoms with Crippen LogP contribution in [0.1, 0.15) is 30.9 Å². The SMILES string of the molecule is COc1cc([C@H]2C(C#N)=C(N)Oc3nc[nH]c(=O)c32)ccc1OC(C)C. The maximum absolute atomic E-state index is 12.4. The monoisotopic (exact) mass is 354 g/mol. The Balaban J connectivity index is 2.19. The van der Waals surface area contributed by atoms with Crippen molar-refractivity contribution in [3.63, 3.8) is 0 Å². The number of fused-ring (bicyclic) bond motifs is 1. The molecule has 0 saturated carbocycles. The van der Waals surface area contributed by atoms with Crippen LogP contribution in [0.3, 0.4) is 0 Å². The van der Waals surface area contributed by atoms with Gasteiger partial charge >= 0.3 is 0 Å². The first kappa shape index (κ1) is 17.4. The first-order chi connectivity index (χ1) is 12.5. The maximum atomic E-state index is 12.4. The molecule has 0 bridgehead atoms. The number of nitriles is 1. The van der Waals surface area contributed by atoms with Gasteiger partial charge in [0.1, 0.15) is 11.6 Å². The van der Waals surface area contributed by atoms with Gasteiger partial charge in [0.2, 0.25) is 11.8 Å². The lowest BCUT2D eigenvalue weighted by Gasteiger charge is -2.25. The molecular formula is C18H18N4O4. The van der Waals surface area contributed by atoms with Crippen molar-refractivity contribution in [3.8, 4) is 23.4 Å². The minimum atomic E-state index is -0.719. The number of methoxy groups -OCH3 is 1. The van der Waals surface area contributed by atoms with E-state index in [4.69, 9.17) is 19.9 Å². The molecule has 3 rings (SSSR count). The molecule has 0 spiro atoms. The zero-order valence-corrected chi connectivity index (χ0v) is 14.6. The Kier molecular flexibility index (Phi) is 4.54. The van der Waals surface area contributed by atoms with Gasteiger partial charge in [-0.05, 0) is 31.5 Å². The summed E-state index contributed by atoms with van der Waals surface area (Å²) in [6, 6.07) is 7.24. The van der Waals surface area contributed by atoms with Crippen molar-refractivity contribution in [1.82, 2.24) is 9.97 Å². The molecule has 3 N–H and O–H groups in total. The minimum absolute atomic E-state index is 0.0317. The summed E-state index contributed by atoms with van der Waals surface area (Å²) in [6.07, 6.45) is 1.19. The normalized spacial score (nSPS) is 15.9. The fourth-order valence-electron chi connectivity index (χ4n) is 2.84. The molecular weight excluding hydrogens is 336 g/mol. The molecule has 26 heavy (non-hydrogen) atoms. The van der Waals surface area contributed by atoms with E-state index >= 15 is 0 Å². The van der Waals surface area contributed by atoms with E-state index < -0.39 is 11.5 Å². The third-order valence-electron chi connectivity index (χ3n) is 3.91. The van der Waals surface area contributed by atoms with E-state index in [2.05, 4.69) is 9.97 Å². The number of ether oxygens (including phenoxy) is 3. The summed E-state index contributed by atoms with van der Waals surface area (Å²) in [4.78, 5) is 18.9. The molecule has 0 saturated heterocycles. The molecule has 1 aliphatic heterocycles. The largest absolute Gasteiger partial charge is 0.493 e. The van der Waals surface area contributed by atoms with Crippen molar-refractivity contribution >= 4 is 0 Å². The molecule has 0 radical (unpaired) electrons. The molecule has 1 aromatic carbocycles. The van der Waals surface area contributed by atoms with Gasteiger partial charge in [-0.2, -0.15) is 5.26 Å². The Morgan fingerprint density at radius 2 is 2.15 bits per heavy atom. The Labute approximate surface area is 149 Å². The smallest absolute Gasteiger partial charge is 0.258 e. The van der Waals surface area contributed by atoms with Crippen molar-refractivity contribution in [1.29, 1.82) is 5.26 Å². The van der Waals surface area contributed by atoms with Crippen molar-refractivity contribution in [3.05, 3.63) is 57.5 Å². The van der Waals surface area contributed by atoms with Gasteiger partial charge in [0.15, 0.2) is 11.5 Å². The van der Waals surface area contributed by atoms with Crippen LogP contribution in [0.4, 0.5) is 0 Å². The molecule has 8 nitrogen and oxygen atoms in total. The molecule has 2 aromatic rings. The molecule has 0 unspecified atom stereocenters. The number of benzene rings is 1. The van der Waals surface area contributed by atoms with Gasteiger partial charge in [0, 0.05) is 0 Å². The average Bonchev–Trinajstić information content (AvgIpc) is 2.60. The lowest BCUT2D eigenvalue weighted by molar-refractivity contribution is 0.230. The standard InChI is InChI=1S/C18H18N4O4/c1-9(2)25-12-5-4-10(6-13(12)24-3)14-11(7-19)16(20)26-18-15(14)17(23)21-8-22-18/h4-6,8-9,14H,20H2,1-3H3,(H,21,22,23)/t14-/m0/s1. The summed E-state index contributed by atoms with van der Waals surface area (Å²) in [5.74, 6) is 0.332. The number of allylic oxidation sites excluding steroid dienone is 1. The molecule has 1 atom stereocenters. The predicted molar refractivity (Wildman–Crippen MR) is 92.9 cm³/mol. The zero-order chi connectivity index (χ0) is 18.8. The van der Waals surface area contributed by atoms with Crippen LogP contribution in [0, 0.1) is 11.3 Å². The number of rotatable bonds is 4. The summed E-state index contributed by atoms with van der Waals surface area (Å²) < 4.78 is 16.5. The van der Waals surface area contributed by atoms with Crippen molar-refractivity contribution in [2.45, 2.75) is 25.9 Å². The summed E-state index contributed by atoms with van der Waals surface area (Å²) in [5.41, 5.74) is 6.47. The first-order valence-corrected chi connectivity index (χ1v) is 7.96. The number of hydrogen-bond donors (Lipinski definition) is 2. The molecule has 0 amide bonds. The summed E-state index contributed by atoms with van der Waals surface area (Å²) in [7, 11) is 1.52. The van der Waals surface area contributed by atoms with Gasteiger partial charge < -0.3 is 24.9 Å². The van der Waals surface area contributed by atoms with Crippen LogP contribution < -0.4 is 25.5 Å². The van der Waals surface area contributed by atoms with E-state index in [-0.39, 0.29) is 29.0 Å². The predicted octanol–water partition coefficient (Wildman–Crippen LogP) is 1.78. The molecule has 134 valence electrons. The first-order valence-electron chi connectivity index (χ1n) is 7.96. The Hall–Kier alpha value is -3.47. The highest BCUT2D eigenvalue weighted by atomic mass is 16.5. The lowest BCUT2D eigenvalue weighted by Crippen LogP contribution is -2.28. The number of aromatic nitrogens is 2.